The Hall–Kier alpha value is -1.93. The zero-order valence-electron chi connectivity index (χ0n) is 13.2. The van der Waals surface area contributed by atoms with Gasteiger partial charge in [-0.2, -0.15) is 0 Å². The minimum absolute atomic E-state index is 0.443. The maximum absolute atomic E-state index is 11.4. The molecule has 0 saturated carbocycles. The molecule has 0 amide bonds. The number of rotatable bonds is 5. The summed E-state index contributed by atoms with van der Waals surface area (Å²) in [4.78, 5) is 34.2. The highest BCUT2D eigenvalue weighted by Crippen LogP contribution is 2.38. The third kappa shape index (κ3) is 3.89. The van der Waals surface area contributed by atoms with Crippen molar-refractivity contribution in [1.82, 2.24) is 0 Å². The van der Waals surface area contributed by atoms with Gasteiger partial charge in [0, 0.05) is 20.8 Å². The highest BCUT2D eigenvalue weighted by Gasteiger charge is 2.59. The molecule has 2 bridgehead atoms. The summed E-state index contributed by atoms with van der Waals surface area (Å²) in [6, 6.07) is 0. The van der Waals surface area contributed by atoms with Crippen molar-refractivity contribution < 1.29 is 38.1 Å². The summed E-state index contributed by atoms with van der Waals surface area (Å²) in [6.07, 6.45) is -2.86. The number of hydrogen-bond donors (Lipinski definition) is 0. The summed E-state index contributed by atoms with van der Waals surface area (Å²) < 4.78 is 27.1. The first-order valence-corrected chi connectivity index (χ1v) is 7.27. The third-order valence-electron chi connectivity index (χ3n) is 3.51. The number of carbonyl (C=O) groups excluding carboxylic acids is 3. The smallest absolute Gasteiger partial charge is 0.303 e. The molecular formula is C15H20O8. The Bertz CT molecular complexity index is 502. The highest BCUT2D eigenvalue weighted by molar-refractivity contribution is 5.68. The average molecular weight is 328 g/mol. The Balaban J connectivity index is 2.33. The molecule has 0 aliphatic carbocycles. The van der Waals surface area contributed by atoms with E-state index in [1.165, 1.54) is 20.8 Å². The molecule has 0 unspecified atom stereocenters. The van der Waals surface area contributed by atoms with Crippen LogP contribution in [0.25, 0.3) is 0 Å². The van der Waals surface area contributed by atoms with Crippen molar-refractivity contribution in [1.29, 1.82) is 0 Å². The van der Waals surface area contributed by atoms with E-state index in [1.807, 2.05) is 0 Å². The summed E-state index contributed by atoms with van der Waals surface area (Å²) in [5, 5.41) is 0. The summed E-state index contributed by atoms with van der Waals surface area (Å²) in [5.41, 5.74) is 0. The quantitative estimate of drug-likeness (QED) is 0.408. The monoisotopic (exact) mass is 328 g/mol. The lowest BCUT2D eigenvalue weighted by molar-refractivity contribution is -0.250. The Morgan fingerprint density at radius 2 is 1.43 bits per heavy atom. The van der Waals surface area contributed by atoms with Crippen molar-refractivity contribution in [2.75, 3.05) is 0 Å². The molecule has 0 spiro atoms. The number of carbonyl (C=O) groups is 3. The fraction of sp³-hybridized carbons (Fsp3) is 0.667. The van der Waals surface area contributed by atoms with Gasteiger partial charge in [0.2, 0.25) is 0 Å². The second kappa shape index (κ2) is 7.10. The van der Waals surface area contributed by atoms with E-state index in [0.717, 1.165) is 0 Å². The minimum Gasteiger partial charge on any atom is -0.456 e. The molecule has 8 heteroatoms. The highest BCUT2D eigenvalue weighted by atomic mass is 16.8. The molecule has 0 aromatic rings. The normalized spacial score (nSPS) is 35.3. The van der Waals surface area contributed by atoms with Crippen LogP contribution < -0.4 is 0 Å². The lowest BCUT2D eigenvalue weighted by atomic mass is 9.96. The molecule has 8 nitrogen and oxygen atoms in total. The standard InChI is InChI=1S/C15H20O8/c1-5-6-10-11-12(19-7(2)16)13(20-8(3)17)14(21-9(4)18)15(22-10)23-11/h5,10-15H,1,6H2,2-4H3/t10-,11+,12+,13-,14-,15+/m0/s1. The second-order valence-corrected chi connectivity index (χ2v) is 5.39. The van der Waals surface area contributed by atoms with Crippen molar-refractivity contribution in [2.45, 2.75) is 64.0 Å². The van der Waals surface area contributed by atoms with Gasteiger partial charge < -0.3 is 23.7 Å². The third-order valence-corrected chi connectivity index (χ3v) is 3.51. The van der Waals surface area contributed by atoms with Crippen molar-refractivity contribution in [2.24, 2.45) is 0 Å². The van der Waals surface area contributed by atoms with Gasteiger partial charge >= 0.3 is 17.9 Å². The van der Waals surface area contributed by atoms with Crippen molar-refractivity contribution >= 4 is 17.9 Å². The number of fused-ring (bicyclic) bond motifs is 2. The zero-order chi connectivity index (χ0) is 17.1. The largest absolute Gasteiger partial charge is 0.456 e. The van der Waals surface area contributed by atoms with Gasteiger partial charge in [0.15, 0.2) is 24.6 Å². The maximum atomic E-state index is 11.4. The van der Waals surface area contributed by atoms with Crippen LogP contribution >= 0.6 is 0 Å². The van der Waals surface area contributed by atoms with E-state index in [0.29, 0.717) is 6.42 Å². The first-order valence-electron chi connectivity index (χ1n) is 7.27. The van der Waals surface area contributed by atoms with Crippen LogP contribution in [0, 0.1) is 0 Å². The van der Waals surface area contributed by atoms with Crippen LogP contribution in [-0.2, 0) is 38.1 Å². The second-order valence-electron chi connectivity index (χ2n) is 5.39. The van der Waals surface area contributed by atoms with Crippen LogP contribution in [0.4, 0.5) is 0 Å². The van der Waals surface area contributed by atoms with Gasteiger partial charge in [-0.05, 0) is 6.42 Å². The van der Waals surface area contributed by atoms with Crippen molar-refractivity contribution in [3.63, 3.8) is 0 Å². The van der Waals surface area contributed by atoms with Gasteiger partial charge in [-0.3, -0.25) is 14.4 Å². The Morgan fingerprint density at radius 1 is 0.913 bits per heavy atom. The summed E-state index contributed by atoms with van der Waals surface area (Å²) in [6.45, 7) is 7.31. The van der Waals surface area contributed by atoms with Crippen LogP contribution in [0.5, 0.6) is 0 Å². The maximum Gasteiger partial charge on any atom is 0.303 e. The first kappa shape index (κ1) is 17.4. The molecule has 0 radical (unpaired) electrons. The lowest BCUT2D eigenvalue weighted by Gasteiger charge is -2.38. The van der Waals surface area contributed by atoms with Gasteiger partial charge in [0.25, 0.3) is 0 Å². The van der Waals surface area contributed by atoms with E-state index in [1.54, 1.807) is 6.08 Å². The topological polar surface area (TPSA) is 97.4 Å². The van der Waals surface area contributed by atoms with Gasteiger partial charge in [-0.15, -0.1) is 6.58 Å². The van der Waals surface area contributed by atoms with Crippen LogP contribution in [0.3, 0.4) is 0 Å². The van der Waals surface area contributed by atoms with Gasteiger partial charge in [-0.25, -0.2) is 0 Å². The van der Waals surface area contributed by atoms with E-state index in [4.69, 9.17) is 23.7 Å². The molecule has 2 heterocycles. The predicted octanol–water partition coefficient (Wildman–Crippen LogP) is 0.481. The SMILES string of the molecule is C=CC[C@@H]1O[C@@H]2O[C@H]1[C@@H](OC(C)=O)[C@H](OC(C)=O)[C@@H]2OC(C)=O. The van der Waals surface area contributed by atoms with Crippen LogP contribution in [0.15, 0.2) is 12.7 Å². The zero-order valence-corrected chi connectivity index (χ0v) is 13.2. The molecule has 2 aliphatic rings. The van der Waals surface area contributed by atoms with Gasteiger partial charge in [-0.1, -0.05) is 6.08 Å². The van der Waals surface area contributed by atoms with E-state index in [9.17, 15) is 14.4 Å². The molecule has 2 aliphatic heterocycles. The fourth-order valence-electron chi connectivity index (χ4n) is 2.82. The van der Waals surface area contributed by atoms with E-state index in [-0.39, 0.29) is 0 Å². The van der Waals surface area contributed by atoms with Crippen molar-refractivity contribution in [3.8, 4) is 0 Å². The summed E-state index contributed by atoms with van der Waals surface area (Å²) in [7, 11) is 0. The predicted molar refractivity (Wildman–Crippen MR) is 75.0 cm³/mol. The lowest BCUT2D eigenvalue weighted by Crippen LogP contribution is -2.58. The first-order chi connectivity index (χ1) is 10.8. The molecule has 2 fully saturated rings. The van der Waals surface area contributed by atoms with Gasteiger partial charge in [0.05, 0.1) is 6.10 Å². The molecule has 0 N–H and O–H groups in total. The molecule has 2 rings (SSSR count). The molecule has 2 saturated heterocycles. The fourth-order valence-corrected chi connectivity index (χ4v) is 2.82. The Morgan fingerprint density at radius 3 is 1.96 bits per heavy atom. The van der Waals surface area contributed by atoms with E-state index >= 15 is 0 Å². The number of hydrogen-bond acceptors (Lipinski definition) is 8. The van der Waals surface area contributed by atoms with Crippen LogP contribution in [0.2, 0.25) is 0 Å². The molecule has 0 aromatic carbocycles. The number of esters is 3. The molecule has 6 atom stereocenters. The minimum atomic E-state index is -1.02. The Kier molecular flexibility index (Phi) is 5.38. The molecular weight excluding hydrogens is 308 g/mol. The van der Waals surface area contributed by atoms with Crippen LogP contribution in [0.1, 0.15) is 27.2 Å². The Labute approximate surface area is 133 Å². The van der Waals surface area contributed by atoms with E-state index in [2.05, 4.69) is 6.58 Å². The van der Waals surface area contributed by atoms with Gasteiger partial charge in [0.1, 0.15) is 6.10 Å². The summed E-state index contributed by atoms with van der Waals surface area (Å²) in [5.74, 6) is -1.75. The molecule has 0 aromatic heterocycles. The molecule has 128 valence electrons. The summed E-state index contributed by atoms with van der Waals surface area (Å²) >= 11 is 0. The number of ether oxygens (including phenoxy) is 5. The van der Waals surface area contributed by atoms with E-state index < -0.39 is 54.7 Å². The van der Waals surface area contributed by atoms with Crippen molar-refractivity contribution in [3.05, 3.63) is 12.7 Å². The average Bonchev–Trinajstić information content (AvgIpc) is 2.79. The van der Waals surface area contributed by atoms with Crippen LogP contribution in [-0.4, -0.2) is 54.7 Å². The molecule has 23 heavy (non-hydrogen) atoms.